The lowest BCUT2D eigenvalue weighted by molar-refractivity contribution is 0.156. The van der Waals surface area contributed by atoms with Crippen molar-refractivity contribution < 1.29 is 9.47 Å². The molecule has 1 spiro atoms. The smallest absolute Gasteiger partial charge is 0.218 e. The summed E-state index contributed by atoms with van der Waals surface area (Å²) >= 11 is 0. The first-order valence-electron chi connectivity index (χ1n) is 9.44. The van der Waals surface area contributed by atoms with Gasteiger partial charge in [0.25, 0.3) is 0 Å². The molecule has 2 aliphatic heterocycles. The molecule has 1 unspecified atom stereocenters. The number of pyridine rings is 1. The van der Waals surface area contributed by atoms with Crippen LogP contribution in [-0.2, 0) is 11.3 Å². The summed E-state index contributed by atoms with van der Waals surface area (Å²) in [5, 5.41) is 3.44. The van der Waals surface area contributed by atoms with Gasteiger partial charge in [0.05, 0.1) is 19.8 Å². The molecule has 0 aliphatic carbocycles. The second-order valence-electron chi connectivity index (χ2n) is 6.96. The molecule has 1 N–H and O–H groups in total. The predicted molar refractivity (Wildman–Crippen MR) is 114 cm³/mol. The van der Waals surface area contributed by atoms with Gasteiger partial charge in [-0.1, -0.05) is 13.0 Å². The second-order valence-corrected chi connectivity index (χ2v) is 6.96. The van der Waals surface area contributed by atoms with Crippen LogP contribution in [0.15, 0.2) is 23.3 Å². The molecule has 3 rings (SSSR count). The van der Waals surface area contributed by atoms with Crippen molar-refractivity contribution >= 4 is 29.9 Å². The molecule has 0 bridgehead atoms. The quantitative estimate of drug-likeness (QED) is 0.390. The van der Waals surface area contributed by atoms with E-state index in [2.05, 4.69) is 29.0 Å². The molecule has 2 aliphatic rings. The summed E-state index contributed by atoms with van der Waals surface area (Å²) in [5.41, 5.74) is 1.37. The largest absolute Gasteiger partial charge is 0.477 e. The lowest BCUT2D eigenvalue weighted by Gasteiger charge is -2.25. The van der Waals surface area contributed by atoms with Crippen LogP contribution in [0, 0.1) is 5.41 Å². The molecule has 0 saturated carbocycles. The highest BCUT2D eigenvalue weighted by Crippen LogP contribution is 2.38. The fraction of sp³-hybridized carbons (Fsp3) is 0.684. The molecular formula is C19H31IN4O2. The molecule has 1 atom stereocenters. The van der Waals surface area contributed by atoms with Crippen LogP contribution < -0.4 is 10.1 Å². The van der Waals surface area contributed by atoms with E-state index in [4.69, 9.17) is 14.5 Å². The summed E-state index contributed by atoms with van der Waals surface area (Å²) in [6, 6.07) is 3.98. The number of halogens is 1. The Balaban J connectivity index is 0.00000243. The highest BCUT2D eigenvalue weighted by atomic mass is 127. The summed E-state index contributed by atoms with van der Waals surface area (Å²) in [6.07, 6.45) is 5.10. The van der Waals surface area contributed by atoms with Gasteiger partial charge in [-0.15, -0.1) is 24.0 Å². The van der Waals surface area contributed by atoms with Gasteiger partial charge in [0.2, 0.25) is 5.88 Å². The summed E-state index contributed by atoms with van der Waals surface area (Å²) in [6.45, 7) is 10.2. The number of aliphatic imine (C=N–C) groups is 1. The Morgan fingerprint density at radius 1 is 1.42 bits per heavy atom. The number of guanidine groups is 1. The first-order valence-corrected chi connectivity index (χ1v) is 9.44. The van der Waals surface area contributed by atoms with Gasteiger partial charge < -0.3 is 19.7 Å². The molecule has 1 aromatic rings. The molecule has 3 heterocycles. The van der Waals surface area contributed by atoms with E-state index < -0.39 is 0 Å². The number of rotatable bonds is 6. The van der Waals surface area contributed by atoms with E-state index in [0.29, 0.717) is 24.4 Å². The molecule has 0 aromatic carbocycles. The standard InChI is InChI=1S/C19H30N4O2.HI/c1-3-11-25-17-16(6-5-9-21-17)13-22-18(20-4-2)23-10-7-19(14-23)8-12-24-15-19;/h5-6,9H,3-4,7-8,10-15H2,1-2H3,(H,20,22);1H. The minimum atomic E-state index is 0. The van der Waals surface area contributed by atoms with E-state index in [1.807, 2.05) is 12.1 Å². The summed E-state index contributed by atoms with van der Waals surface area (Å²) in [5.74, 6) is 1.68. The van der Waals surface area contributed by atoms with E-state index in [0.717, 1.165) is 50.8 Å². The number of nitrogens with zero attached hydrogens (tertiary/aromatic N) is 3. The van der Waals surface area contributed by atoms with E-state index in [9.17, 15) is 0 Å². The summed E-state index contributed by atoms with van der Waals surface area (Å²) < 4.78 is 11.4. The van der Waals surface area contributed by atoms with Crippen LogP contribution in [0.5, 0.6) is 5.88 Å². The van der Waals surface area contributed by atoms with Gasteiger partial charge in [-0.3, -0.25) is 0 Å². The van der Waals surface area contributed by atoms with Crippen LogP contribution in [0.4, 0.5) is 0 Å². The van der Waals surface area contributed by atoms with Crippen molar-refractivity contribution in [3.63, 3.8) is 0 Å². The van der Waals surface area contributed by atoms with E-state index in [1.165, 1.54) is 12.8 Å². The Kier molecular flexibility index (Phi) is 8.40. The van der Waals surface area contributed by atoms with Crippen LogP contribution in [0.25, 0.3) is 0 Å². The maximum Gasteiger partial charge on any atom is 0.218 e. The van der Waals surface area contributed by atoms with Crippen molar-refractivity contribution in [1.29, 1.82) is 0 Å². The van der Waals surface area contributed by atoms with Crippen molar-refractivity contribution in [2.45, 2.75) is 39.7 Å². The van der Waals surface area contributed by atoms with E-state index in [1.54, 1.807) is 6.20 Å². The maximum absolute atomic E-state index is 5.75. The molecular weight excluding hydrogens is 443 g/mol. The van der Waals surface area contributed by atoms with Crippen molar-refractivity contribution in [3.05, 3.63) is 23.9 Å². The monoisotopic (exact) mass is 474 g/mol. The zero-order chi connectivity index (χ0) is 17.5. The van der Waals surface area contributed by atoms with Crippen LogP contribution >= 0.6 is 24.0 Å². The van der Waals surface area contributed by atoms with Crippen molar-refractivity contribution in [1.82, 2.24) is 15.2 Å². The number of likely N-dealkylation sites (tertiary alicyclic amines) is 1. The van der Waals surface area contributed by atoms with Crippen molar-refractivity contribution in [2.75, 3.05) is 39.5 Å². The minimum absolute atomic E-state index is 0. The molecule has 146 valence electrons. The molecule has 2 saturated heterocycles. The maximum atomic E-state index is 5.75. The van der Waals surface area contributed by atoms with Crippen molar-refractivity contribution in [3.8, 4) is 5.88 Å². The number of nitrogens with one attached hydrogen (secondary N) is 1. The van der Waals surface area contributed by atoms with Gasteiger partial charge in [-0.25, -0.2) is 9.98 Å². The van der Waals surface area contributed by atoms with Crippen LogP contribution in [0.3, 0.4) is 0 Å². The average Bonchev–Trinajstić information content (AvgIpc) is 3.27. The number of ether oxygens (including phenoxy) is 2. The van der Waals surface area contributed by atoms with Gasteiger partial charge in [-0.05, 0) is 32.3 Å². The third-order valence-corrected chi connectivity index (χ3v) is 4.95. The summed E-state index contributed by atoms with van der Waals surface area (Å²) in [7, 11) is 0. The first-order chi connectivity index (χ1) is 12.3. The highest BCUT2D eigenvalue weighted by molar-refractivity contribution is 14.0. The van der Waals surface area contributed by atoms with Crippen LogP contribution in [0.1, 0.15) is 38.7 Å². The lowest BCUT2D eigenvalue weighted by Crippen LogP contribution is -2.41. The van der Waals surface area contributed by atoms with E-state index in [-0.39, 0.29) is 24.0 Å². The highest BCUT2D eigenvalue weighted by Gasteiger charge is 2.42. The third kappa shape index (κ3) is 5.22. The number of hydrogen-bond acceptors (Lipinski definition) is 4. The fourth-order valence-corrected chi connectivity index (χ4v) is 3.55. The van der Waals surface area contributed by atoms with Gasteiger partial charge in [0.1, 0.15) is 0 Å². The third-order valence-electron chi connectivity index (χ3n) is 4.95. The topological polar surface area (TPSA) is 59.0 Å². The van der Waals surface area contributed by atoms with Crippen LogP contribution in [0.2, 0.25) is 0 Å². The molecule has 0 radical (unpaired) electrons. The minimum Gasteiger partial charge on any atom is -0.477 e. The average molecular weight is 474 g/mol. The molecule has 26 heavy (non-hydrogen) atoms. The predicted octanol–water partition coefficient (Wildman–Crippen LogP) is 3.07. The van der Waals surface area contributed by atoms with Gasteiger partial charge in [-0.2, -0.15) is 0 Å². The Bertz CT molecular complexity index is 591. The zero-order valence-electron chi connectivity index (χ0n) is 15.9. The van der Waals surface area contributed by atoms with Gasteiger partial charge in [0, 0.05) is 43.4 Å². The normalized spacial score (nSPS) is 22.5. The van der Waals surface area contributed by atoms with Crippen molar-refractivity contribution in [2.24, 2.45) is 10.4 Å². The fourth-order valence-electron chi connectivity index (χ4n) is 3.55. The number of hydrogen-bond donors (Lipinski definition) is 1. The van der Waals surface area contributed by atoms with Gasteiger partial charge in [0.15, 0.2) is 5.96 Å². The Labute approximate surface area is 173 Å². The first kappa shape index (κ1) is 21.2. The van der Waals surface area contributed by atoms with Gasteiger partial charge >= 0.3 is 0 Å². The molecule has 2 fully saturated rings. The van der Waals surface area contributed by atoms with E-state index >= 15 is 0 Å². The molecule has 7 heteroatoms. The van der Waals surface area contributed by atoms with Crippen LogP contribution in [-0.4, -0.2) is 55.3 Å². The Morgan fingerprint density at radius 3 is 3.04 bits per heavy atom. The Hall–Kier alpha value is -1.09. The summed E-state index contributed by atoms with van der Waals surface area (Å²) in [4.78, 5) is 11.6. The molecule has 1 aromatic heterocycles. The number of aromatic nitrogens is 1. The Morgan fingerprint density at radius 2 is 2.31 bits per heavy atom. The SMILES string of the molecule is CCCOc1ncccc1CN=C(NCC)N1CCC2(CCOC2)C1.I. The molecule has 0 amide bonds. The molecule has 6 nitrogen and oxygen atoms in total. The second kappa shape index (κ2) is 10.3. The lowest BCUT2D eigenvalue weighted by atomic mass is 9.87. The zero-order valence-corrected chi connectivity index (χ0v) is 18.2.